The fourth-order valence-corrected chi connectivity index (χ4v) is 2.15. The van der Waals surface area contributed by atoms with Crippen molar-refractivity contribution in [1.82, 2.24) is 0 Å². The molecule has 1 atom stereocenters. The lowest BCUT2D eigenvalue weighted by Gasteiger charge is -2.11. The molecule has 1 unspecified atom stereocenters. The maximum Gasteiger partial charge on any atom is 0.390 e. The molecule has 0 aromatic heterocycles. The van der Waals surface area contributed by atoms with E-state index in [2.05, 4.69) is 15.9 Å². The minimum absolute atomic E-state index is 0.262. The van der Waals surface area contributed by atoms with Gasteiger partial charge in [0.2, 0.25) is 0 Å². The third kappa shape index (κ3) is 9.09. The molecule has 0 aromatic rings. The van der Waals surface area contributed by atoms with E-state index < -0.39 is 12.6 Å². The zero-order valence-electron chi connectivity index (χ0n) is 6.50. The van der Waals surface area contributed by atoms with Gasteiger partial charge >= 0.3 is 6.18 Å². The van der Waals surface area contributed by atoms with Gasteiger partial charge in [0.25, 0.3) is 0 Å². The fourth-order valence-electron chi connectivity index (χ4n) is 0.814. The summed E-state index contributed by atoms with van der Waals surface area (Å²) < 4.78 is 35.1. The lowest BCUT2D eigenvalue weighted by molar-refractivity contribution is -0.133. The summed E-state index contributed by atoms with van der Waals surface area (Å²) in [5.41, 5.74) is 0. The first-order chi connectivity index (χ1) is 5.45. The lowest BCUT2D eigenvalue weighted by Crippen LogP contribution is -2.14. The Morgan fingerprint density at radius 2 is 1.83 bits per heavy atom. The first kappa shape index (κ1) is 13.0. The van der Waals surface area contributed by atoms with Gasteiger partial charge in [-0.15, -0.1) is 0 Å². The summed E-state index contributed by atoms with van der Waals surface area (Å²) in [6, 6.07) is 0. The Labute approximate surface area is 92.6 Å². The predicted molar refractivity (Wildman–Crippen MR) is 56.1 cm³/mol. The van der Waals surface area contributed by atoms with E-state index in [0.717, 1.165) is 18.2 Å². The fraction of sp³-hybridized carbons (Fsp3) is 1.00. The van der Waals surface area contributed by atoms with Gasteiger partial charge in [0.05, 0.1) is 6.42 Å². The zero-order valence-corrected chi connectivity index (χ0v) is 10.2. The highest BCUT2D eigenvalue weighted by atomic mass is 127. The van der Waals surface area contributed by atoms with Crippen LogP contribution in [-0.4, -0.2) is 15.4 Å². The second-order valence-corrected chi connectivity index (χ2v) is 5.16. The van der Waals surface area contributed by atoms with Crippen LogP contribution in [0.25, 0.3) is 0 Å². The molecule has 0 heterocycles. The second-order valence-electron chi connectivity index (χ2n) is 2.60. The monoisotopic (exact) mass is 358 g/mol. The highest BCUT2D eigenvalue weighted by molar-refractivity contribution is 14.1. The molecule has 12 heavy (non-hydrogen) atoms. The number of unbranched alkanes of at least 4 members (excludes halogenated alkanes) is 1. The maximum atomic E-state index is 11.8. The largest absolute Gasteiger partial charge is 0.390 e. The Morgan fingerprint density at radius 3 is 2.25 bits per heavy atom. The molecular weight excluding hydrogens is 348 g/mol. The van der Waals surface area contributed by atoms with Crippen LogP contribution in [0.1, 0.15) is 25.7 Å². The Hall–Kier alpha value is 1.00. The molecule has 0 radical (unpaired) electrons. The predicted octanol–water partition coefficient (Wildman–Crippen LogP) is 4.31. The van der Waals surface area contributed by atoms with E-state index in [9.17, 15) is 13.2 Å². The number of hydrogen-bond donors (Lipinski definition) is 0. The average molecular weight is 359 g/mol. The Kier molecular flexibility index (Phi) is 6.99. The summed E-state index contributed by atoms with van der Waals surface area (Å²) in [5, 5.41) is 0.877. The van der Waals surface area contributed by atoms with Crippen LogP contribution >= 0.6 is 38.5 Å². The van der Waals surface area contributed by atoms with Crippen molar-refractivity contribution >= 4 is 38.5 Å². The van der Waals surface area contributed by atoms with Crippen LogP contribution in [0, 0.1) is 0 Å². The van der Waals surface area contributed by atoms with Gasteiger partial charge in [0.15, 0.2) is 0 Å². The van der Waals surface area contributed by atoms with E-state index in [-0.39, 0.29) is 3.92 Å². The Morgan fingerprint density at radius 1 is 1.25 bits per heavy atom. The highest BCUT2D eigenvalue weighted by Gasteiger charge is 2.30. The van der Waals surface area contributed by atoms with Crippen LogP contribution in [0.3, 0.4) is 0 Å². The summed E-state index contributed by atoms with van der Waals surface area (Å²) in [7, 11) is 0. The molecule has 0 nitrogen and oxygen atoms in total. The molecule has 0 aromatic carbocycles. The van der Waals surface area contributed by atoms with E-state index in [0.29, 0.717) is 6.42 Å². The molecule has 0 aliphatic carbocycles. The minimum Gasteiger partial charge on any atom is -0.171 e. The molecule has 74 valence electrons. The number of halogens is 5. The van der Waals surface area contributed by atoms with Crippen LogP contribution < -0.4 is 0 Å². The van der Waals surface area contributed by atoms with Crippen LogP contribution in [0.5, 0.6) is 0 Å². The molecule has 0 saturated heterocycles. The normalized spacial score (nSPS) is 14.8. The first-order valence-electron chi connectivity index (χ1n) is 3.72. The van der Waals surface area contributed by atoms with Crippen molar-refractivity contribution in [2.45, 2.75) is 35.8 Å². The summed E-state index contributed by atoms with van der Waals surface area (Å²) >= 11 is 5.11. The quantitative estimate of drug-likeness (QED) is 0.390. The van der Waals surface area contributed by atoms with E-state index in [1.165, 1.54) is 0 Å². The van der Waals surface area contributed by atoms with Crippen molar-refractivity contribution in [3.8, 4) is 0 Å². The SMILES string of the molecule is FC(F)(F)CC(I)CCCCBr. The highest BCUT2D eigenvalue weighted by Crippen LogP contribution is 2.27. The molecule has 0 bridgehead atoms. The molecule has 0 aliphatic heterocycles. The molecular formula is C7H11BrF3I. The van der Waals surface area contributed by atoms with Gasteiger partial charge < -0.3 is 0 Å². The molecule has 0 saturated carbocycles. The molecule has 0 aliphatic rings. The van der Waals surface area contributed by atoms with E-state index in [1.807, 2.05) is 22.6 Å². The molecule has 0 fully saturated rings. The van der Waals surface area contributed by atoms with Crippen molar-refractivity contribution in [2.75, 3.05) is 5.33 Å². The van der Waals surface area contributed by atoms with Gasteiger partial charge in [0, 0.05) is 9.25 Å². The second kappa shape index (κ2) is 6.45. The first-order valence-corrected chi connectivity index (χ1v) is 6.09. The molecule has 0 amide bonds. The molecule has 5 heteroatoms. The Bertz CT molecular complexity index is 116. The van der Waals surface area contributed by atoms with Crippen molar-refractivity contribution in [1.29, 1.82) is 0 Å². The third-order valence-corrected chi connectivity index (χ3v) is 2.98. The van der Waals surface area contributed by atoms with Gasteiger partial charge in [-0.05, 0) is 12.8 Å². The Balaban J connectivity index is 3.40. The zero-order chi connectivity index (χ0) is 9.61. The third-order valence-electron chi connectivity index (χ3n) is 1.35. The van der Waals surface area contributed by atoms with Crippen molar-refractivity contribution in [3.05, 3.63) is 0 Å². The van der Waals surface area contributed by atoms with Gasteiger partial charge in [-0.1, -0.05) is 44.9 Å². The summed E-state index contributed by atoms with van der Waals surface area (Å²) in [6.45, 7) is 0. The topological polar surface area (TPSA) is 0 Å². The van der Waals surface area contributed by atoms with Crippen molar-refractivity contribution in [3.63, 3.8) is 0 Å². The molecule has 0 spiro atoms. The lowest BCUT2D eigenvalue weighted by atomic mass is 10.1. The molecule has 0 rings (SSSR count). The number of hydrogen-bond acceptors (Lipinski definition) is 0. The molecule has 0 N–H and O–H groups in total. The number of alkyl halides is 5. The average Bonchev–Trinajstić information content (AvgIpc) is 1.84. The van der Waals surface area contributed by atoms with E-state index in [1.54, 1.807) is 0 Å². The minimum atomic E-state index is -4.00. The van der Waals surface area contributed by atoms with Crippen LogP contribution in [0.15, 0.2) is 0 Å². The van der Waals surface area contributed by atoms with Crippen molar-refractivity contribution in [2.24, 2.45) is 0 Å². The smallest absolute Gasteiger partial charge is 0.171 e. The number of rotatable bonds is 5. The summed E-state index contributed by atoms with van der Waals surface area (Å²) in [6.07, 6.45) is -2.17. The summed E-state index contributed by atoms with van der Waals surface area (Å²) in [4.78, 5) is 0. The van der Waals surface area contributed by atoms with Crippen LogP contribution in [0.2, 0.25) is 0 Å². The van der Waals surface area contributed by atoms with Crippen LogP contribution in [-0.2, 0) is 0 Å². The van der Waals surface area contributed by atoms with E-state index in [4.69, 9.17) is 0 Å². The summed E-state index contributed by atoms with van der Waals surface area (Å²) in [5.74, 6) is 0. The van der Waals surface area contributed by atoms with Crippen molar-refractivity contribution < 1.29 is 13.2 Å². The van der Waals surface area contributed by atoms with Crippen LogP contribution in [0.4, 0.5) is 13.2 Å². The maximum absolute atomic E-state index is 11.8. The standard InChI is InChI=1S/C7H11BrF3I/c8-4-2-1-3-6(12)5-7(9,10)11/h6H,1-5H2. The van der Waals surface area contributed by atoms with Gasteiger partial charge in [0.1, 0.15) is 0 Å². The van der Waals surface area contributed by atoms with Gasteiger partial charge in [-0.3, -0.25) is 0 Å². The van der Waals surface area contributed by atoms with E-state index >= 15 is 0 Å². The van der Waals surface area contributed by atoms with Gasteiger partial charge in [-0.25, -0.2) is 0 Å². The van der Waals surface area contributed by atoms with Gasteiger partial charge in [-0.2, -0.15) is 13.2 Å².